The molecule has 0 aromatic heterocycles. The van der Waals surface area contributed by atoms with Crippen molar-refractivity contribution in [2.45, 2.75) is 20.0 Å². The van der Waals surface area contributed by atoms with Crippen LogP contribution in [-0.4, -0.2) is 14.9 Å². The normalized spacial score (nSPS) is 11.3. The highest BCUT2D eigenvalue weighted by Gasteiger charge is 2.24. The first kappa shape index (κ1) is 14.8. The Hall–Kier alpha value is -1.64. The molecule has 20 heavy (non-hydrogen) atoms. The third-order valence-corrected chi connectivity index (χ3v) is 6.25. The van der Waals surface area contributed by atoms with Crippen LogP contribution in [-0.2, 0) is 4.43 Å². The van der Waals surface area contributed by atoms with Crippen LogP contribution in [0.15, 0.2) is 61.2 Å². The lowest BCUT2D eigenvalue weighted by atomic mass is 10.00. The summed E-state index contributed by atoms with van der Waals surface area (Å²) in [6.07, 6.45) is 0. The van der Waals surface area contributed by atoms with Gasteiger partial charge in [0.2, 0.25) is 8.32 Å². The molecule has 0 atom stereocenters. The molecule has 0 N–H and O–H groups in total. The second-order valence-corrected chi connectivity index (χ2v) is 9.26. The van der Waals surface area contributed by atoms with E-state index in [2.05, 4.69) is 63.0 Å². The van der Waals surface area contributed by atoms with Gasteiger partial charge in [0.15, 0.2) is 0 Å². The van der Waals surface area contributed by atoms with Crippen molar-refractivity contribution < 1.29 is 4.43 Å². The van der Waals surface area contributed by atoms with Crippen molar-refractivity contribution in [1.29, 1.82) is 0 Å². The van der Waals surface area contributed by atoms with E-state index in [1.54, 1.807) is 0 Å². The van der Waals surface area contributed by atoms with Gasteiger partial charge in [0.25, 0.3) is 0 Å². The van der Waals surface area contributed by atoms with Crippen LogP contribution in [0, 0.1) is 0 Å². The van der Waals surface area contributed by atoms with Crippen LogP contribution in [0.1, 0.15) is 18.1 Å². The maximum Gasteiger partial charge on any atom is 0.218 e. The van der Waals surface area contributed by atoms with E-state index in [1.807, 2.05) is 18.2 Å². The zero-order valence-corrected chi connectivity index (χ0v) is 13.5. The Bertz CT molecular complexity index is 587. The van der Waals surface area contributed by atoms with Crippen molar-refractivity contribution in [3.8, 4) is 0 Å². The summed E-state index contributed by atoms with van der Waals surface area (Å²) in [4.78, 5) is 0. The molecular weight excluding hydrogens is 260 g/mol. The lowest BCUT2D eigenvalue weighted by Crippen LogP contribution is -2.44. The third-order valence-electron chi connectivity index (χ3n) is 3.53. The number of hydrogen-bond acceptors (Lipinski definition) is 1. The van der Waals surface area contributed by atoms with Crippen molar-refractivity contribution in [1.82, 2.24) is 0 Å². The molecule has 0 spiro atoms. The second-order valence-electron chi connectivity index (χ2n) is 5.37. The Morgan fingerprint density at radius 3 is 2.30 bits per heavy atom. The topological polar surface area (TPSA) is 9.23 Å². The average molecular weight is 282 g/mol. The molecule has 0 aliphatic carbocycles. The van der Waals surface area contributed by atoms with E-state index in [4.69, 9.17) is 4.43 Å². The van der Waals surface area contributed by atoms with Gasteiger partial charge in [0.05, 0.1) is 0 Å². The molecule has 0 heterocycles. The number of hydrogen-bond donors (Lipinski definition) is 0. The van der Waals surface area contributed by atoms with E-state index in [9.17, 15) is 0 Å². The fraction of sp³-hybridized carbons (Fsp3) is 0.222. The van der Waals surface area contributed by atoms with E-state index in [1.165, 1.54) is 16.3 Å². The number of benzene rings is 2. The molecule has 0 bridgehead atoms. The lowest BCUT2D eigenvalue weighted by molar-refractivity contribution is 0.339. The van der Waals surface area contributed by atoms with Crippen molar-refractivity contribution in [3.05, 3.63) is 72.3 Å². The van der Waals surface area contributed by atoms with Gasteiger partial charge < -0.3 is 4.43 Å². The Morgan fingerprint density at radius 1 is 1.00 bits per heavy atom. The summed E-state index contributed by atoms with van der Waals surface area (Å²) in [7, 11) is -1.80. The van der Waals surface area contributed by atoms with E-state index in [0.29, 0.717) is 0 Å². The highest BCUT2D eigenvalue weighted by atomic mass is 28.4. The van der Waals surface area contributed by atoms with Crippen molar-refractivity contribution >= 4 is 19.1 Å². The average Bonchev–Trinajstić information content (AvgIpc) is 2.47. The van der Waals surface area contributed by atoms with Gasteiger partial charge >= 0.3 is 0 Å². The minimum absolute atomic E-state index is 0.767. The molecule has 104 valence electrons. The van der Waals surface area contributed by atoms with Crippen LogP contribution in [0.25, 0.3) is 5.57 Å². The summed E-state index contributed by atoms with van der Waals surface area (Å²) in [5.74, 6) is 0. The van der Waals surface area contributed by atoms with Crippen LogP contribution < -0.4 is 5.19 Å². The molecule has 0 saturated carbocycles. The Balaban J connectivity index is 2.33. The first-order chi connectivity index (χ1) is 9.54. The molecule has 2 rings (SSSR count). The summed E-state index contributed by atoms with van der Waals surface area (Å²) in [5, 5.41) is 1.31. The predicted octanol–water partition coefficient (Wildman–Crippen LogP) is 4.20. The molecule has 0 radical (unpaired) electrons. The monoisotopic (exact) mass is 282 g/mol. The molecule has 0 aliphatic rings. The number of rotatable bonds is 5. The standard InChI is InChI=1S/C18H22OSi/c1-5-19-20(3,4)18-13-9-12-17(14-18)15(2)16-10-7-6-8-11-16/h6-14H,2,5H2,1,3-4H3. The SMILES string of the molecule is C=C(c1ccccc1)c1cccc([Si](C)(C)OCC)c1. The molecule has 0 fully saturated rings. The largest absolute Gasteiger partial charge is 0.413 e. The van der Waals surface area contributed by atoms with E-state index in [0.717, 1.165) is 12.2 Å². The molecule has 0 amide bonds. The van der Waals surface area contributed by atoms with Crippen LogP contribution in [0.4, 0.5) is 0 Å². The molecule has 0 unspecified atom stereocenters. The highest BCUT2D eigenvalue weighted by Crippen LogP contribution is 2.21. The van der Waals surface area contributed by atoms with Crippen molar-refractivity contribution in [2.24, 2.45) is 0 Å². The van der Waals surface area contributed by atoms with E-state index in [-0.39, 0.29) is 0 Å². The minimum Gasteiger partial charge on any atom is -0.413 e. The van der Waals surface area contributed by atoms with Crippen LogP contribution in [0.3, 0.4) is 0 Å². The molecule has 1 nitrogen and oxygen atoms in total. The molecule has 2 aromatic rings. The van der Waals surface area contributed by atoms with Gasteiger partial charge in [-0.15, -0.1) is 0 Å². The fourth-order valence-corrected chi connectivity index (χ4v) is 4.22. The smallest absolute Gasteiger partial charge is 0.218 e. The molecule has 2 heteroatoms. The van der Waals surface area contributed by atoms with Gasteiger partial charge in [-0.25, -0.2) is 0 Å². The van der Waals surface area contributed by atoms with Crippen LogP contribution >= 0.6 is 0 Å². The van der Waals surface area contributed by atoms with E-state index >= 15 is 0 Å². The molecule has 0 aliphatic heterocycles. The first-order valence-electron chi connectivity index (χ1n) is 7.04. The zero-order chi connectivity index (χ0) is 14.6. The molecular formula is C18H22OSi. The van der Waals surface area contributed by atoms with Gasteiger partial charge in [-0.3, -0.25) is 0 Å². The maximum atomic E-state index is 5.97. The Labute approximate surface area is 123 Å². The summed E-state index contributed by atoms with van der Waals surface area (Å²) in [6, 6.07) is 18.9. The van der Waals surface area contributed by atoms with E-state index < -0.39 is 8.32 Å². The van der Waals surface area contributed by atoms with Crippen molar-refractivity contribution in [2.75, 3.05) is 6.61 Å². The summed E-state index contributed by atoms with van der Waals surface area (Å²) in [5.41, 5.74) is 3.41. The maximum absolute atomic E-state index is 5.97. The Morgan fingerprint density at radius 2 is 1.65 bits per heavy atom. The van der Waals surface area contributed by atoms with Gasteiger partial charge in [0, 0.05) is 6.61 Å². The zero-order valence-electron chi connectivity index (χ0n) is 12.5. The predicted molar refractivity (Wildman–Crippen MR) is 89.8 cm³/mol. The molecule has 0 saturated heterocycles. The Kier molecular flexibility index (Phi) is 4.58. The van der Waals surface area contributed by atoms with Gasteiger partial charge in [-0.2, -0.15) is 0 Å². The fourth-order valence-electron chi connectivity index (χ4n) is 2.33. The van der Waals surface area contributed by atoms with Crippen molar-refractivity contribution in [3.63, 3.8) is 0 Å². The summed E-state index contributed by atoms with van der Waals surface area (Å²) in [6.45, 7) is 11.5. The van der Waals surface area contributed by atoms with Gasteiger partial charge in [-0.1, -0.05) is 61.2 Å². The third kappa shape index (κ3) is 3.27. The quantitative estimate of drug-likeness (QED) is 0.747. The summed E-state index contributed by atoms with van der Waals surface area (Å²) >= 11 is 0. The summed E-state index contributed by atoms with van der Waals surface area (Å²) < 4.78 is 5.97. The first-order valence-corrected chi connectivity index (χ1v) is 9.94. The highest BCUT2D eigenvalue weighted by molar-refractivity contribution is 6.84. The van der Waals surface area contributed by atoms with Crippen LogP contribution in [0.2, 0.25) is 13.1 Å². The lowest BCUT2D eigenvalue weighted by Gasteiger charge is -2.23. The van der Waals surface area contributed by atoms with Gasteiger partial charge in [0.1, 0.15) is 0 Å². The second kappa shape index (κ2) is 6.20. The van der Waals surface area contributed by atoms with Crippen LogP contribution in [0.5, 0.6) is 0 Å². The molecule has 2 aromatic carbocycles. The van der Waals surface area contributed by atoms with Gasteiger partial charge in [-0.05, 0) is 41.9 Å². The minimum atomic E-state index is -1.80.